The Morgan fingerprint density at radius 1 is 1.36 bits per heavy atom. The van der Waals surface area contributed by atoms with Gasteiger partial charge in [0.05, 0.1) is 12.5 Å². The van der Waals surface area contributed by atoms with Crippen LogP contribution in [-0.2, 0) is 16.0 Å². The lowest BCUT2D eigenvalue weighted by molar-refractivity contribution is -0.121. The van der Waals surface area contributed by atoms with E-state index in [-0.39, 0.29) is 5.91 Å². The van der Waals surface area contributed by atoms with Crippen LogP contribution in [0.25, 0.3) is 0 Å². The summed E-state index contributed by atoms with van der Waals surface area (Å²) in [5, 5.41) is 12.9. The van der Waals surface area contributed by atoms with Crippen LogP contribution >= 0.6 is 0 Å². The average Bonchev–Trinajstić information content (AvgIpc) is 2.62. The molecule has 6 nitrogen and oxygen atoms in total. The Hall–Kier alpha value is -2.02. The van der Waals surface area contributed by atoms with Crippen molar-refractivity contribution in [3.05, 3.63) is 29.3 Å². The van der Waals surface area contributed by atoms with Crippen molar-refractivity contribution in [3.8, 4) is 5.75 Å². The highest BCUT2D eigenvalue weighted by molar-refractivity contribution is 6.47. The Morgan fingerprint density at radius 2 is 2.08 bits per heavy atom. The number of rotatable bonds is 7. The van der Waals surface area contributed by atoms with E-state index in [1.807, 2.05) is 6.07 Å². The minimum absolute atomic E-state index is 0.156. The van der Waals surface area contributed by atoms with Gasteiger partial charge in [-0.1, -0.05) is 45.7 Å². The van der Waals surface area contributed by atoms with Gasteiger partial charge in [0, 0.05) is 6.42 Å². The van der Waals surface area contributed by atoms with Gasteiger partial charge in [-0.15, -0.1) is 0 Å². The molecule has 1 aromatic rings. The first kappa shape index (κ1) is 19.3. The molecule has 0 bridgehead atoms. The molecule has 25 heavy (non-hydrogen) atoms. The zero-order valence-corrected chi connectivity index (χ0v) is 15.1. The van der Waals surface area contributed by atoms with E-state index in [2.05, 4.69) is 19.2 Å². The van der Waals surface area contributed by atoms with Crippen LogP contribution in [0.15, 0.2) is 18.2 Å². The Bertz CT molecular complexity index is 617. The number of ether oxygens (including phenoxy) is 1. The second kappa shape index (κ2) is 8.90. The first-order valence-electron chi connectivity index (χ1n) is 8.93. The highest BCUT2D eigenvalue weighted by Gasteiger charge is 2.37. The first-order chi connectivity index (χ1) is 12.0. The molecular formula is C18H26BNO5. The molecule has 0 radical (unpaired) electrons. The van der Waals surface area contributed by atoms with E-state index in [4.69, 9.17) is 9.39 Å². The summed E-state index contributed by atoms with van der Waals surface area (Å²) in [6.45, 7) is 6.24. The molecule has 2 rings (SSSR count). The van der Waals surface area contributed by atoms with Crippen LogP contribution in [0.5, 0.6) is 5.75 Å². The molecule has 1 aliphatic rings. The molecule has 1 aromatic carbocycles. The van der Waals surface area contributed by atoms with E-state index in [9.17, 15) is 14.6 Å². The van der Waals surface area contributed by atoms with Crippen molar-refractivity contribution in [2.75, 3.05) is 6.61 Å². The van der Waals surface area contributed by atoms with Crippen molar-refractivity contribution in [2.24, 2.45) is 5.92 Å². The molecule has 1 heterocycles. The van der Waals surface area contributed by atoms with Gasteiger partial charge in [0.1, 0.15) is 11.3 Å². The molecule has 0 fully saturated rings. The summed E-state index contributed by atoms with van der Waals surface area (Å²) in [5.41, 5.74) is 1.08. The number of amides is 1. The standard InChI is InChI=1S/C18H26BNO5/c1-4-12(5-2)11-24-18(22)14-9-7-8-13-10-15(20-16(21)6-3)19(23)25-17(13)14/h7-9,12,15,23H,4-6,10-11H2,1-3H3,(H,20,21). The van der Waals surface area contributed by atoms with Crippen LogP contribution in [0.3, 0.4) is 0 Å². The maximum absolute atomic E-state index is 12.4. The summed E-state index contributed by atoms with van der Waals surface area (Å²) in [7, 11) is -1.20. The van der Waals surface area contributed by atoms with Gasteiger partial charge < -0.3 is 19.7 Å². The molecule has 136 valence electrons. The van der Waals surface area contributed by atoms with Crippen molar-refractivity contribution in [1.29, 1.82) is 0 Å². The zero-order chi connectivity index (χ0) is 18.4. The van der Waals surface area contributed by atoms with E-state index in [1.54, 1.807) is 19.1 Å². The number of carbonyl (C=O) groups is 2. The highest BCUT2D eigenvalue weighted by Crippen LogP contribution is 2.30. The zero-order valence-electron chi connectivity index (χ0n) is 15.1. The fourth-order valence-corrected chi connectivity index (χ4v) is 2.81. The van der Waals surface area contributed by atoms with Crippen molar-refractivity contribution in [3.63, 3.8) is 0 Å². The van der Waals surface area contributed by atoms with Crippen LogP contribution in [0.2, 0.25) is 0 Å². The molecule has 0 saturated heterocycles. The fraction of sp³-hybridized carbons (Fsp3) is 0.556. The van der Waals surface area contributed by atoms with Crippen molar-refractivity contribution < 1.29 is 24.0 Å². The second-order valence-corrected chi connectivity index (χ2v) is 6.31. The summed E-state index contributed by atoms with van der Waals surface area (Å²) in [6, 6.07) is 5.21. The van der Waals surface area contributed by atoms with Gasteiger partial charge in [0.15, 0.2) is 0 Å². The topological polar surface area (TPSA) is 84.9 Å². The predicted octanol–water partition coefficient (Wildman–Crippen LogP) is 2.13. The van der Waals surface area contributed by atoms with Crippen molar-refractivity contribution >= 4 is 19.0 Å². The Balaban J connectivity index is 2.13. The lowest BCUT2D eigenvalue weighted by Gasteiger charge is -2.29. The van der Waals surface area contributed by atoms with Gasteiger partial charge in [0.25, 0.3) is 0 Å². The lowest BCUT2D eigenvalue weighted by atomic mass is 9.72. The third-order valence-electron chi connectivity index (χ3n) is 4.61. The number of hydrogen-bond acceptors (Lipinski definition) is 5. The van der Waals surface area contributed by atoms with Crippen molar-refractivity contribution in [2.45, 2.75) is 52.4 Å². The molecule has 0 saturated carbocycles. The monoisotopic (exact) mass is 347 g/mol. The SMILES string of the molecule is CCC(=O)NC1Cc2cccc(C(=O)OCC(CC)CC)c2OB1O. The van der Waals surface area contributed by atoms with E-state index < -0.39 is 19.0 Å². The highest BCUT2D eigenvalue weighted by atomic mass is 16.5. The smallest absolute Gasteiger partial charge is 0.534 e. The number of hydrogen-bond donors (Lipinski definition) is 2. The van der Waals surface area contributed by atoms with Crippen LogP contribution in [0.4, 0.5) is 0 Å². The van der Waals surface area contributed by atoms with E-state index in [0.29, 0.717) is 36.7 Å². The van der Waals surface area contributed by atoms with Gasteiger partial charge in [-0.3, -0.25) is 4.79 Å². The maximum Gasteiger partial charge on any atom is 0.547 e. The summed E-state index contributed by atoms with van der Waals surface area (Å²) in [4.78, 5) is 24.0. The Kier molecular flexibility index (Phi) is 6.87. The van der Waals surface area contributed by atoms with Crippen LogP contribution < -0.4 is 9.97 Å². The third-order valence-corrected chi connectivity index (χ3v) is 4.61. The molecular weight excluding hydrogens is 321 g/mol. The summed E-state index contributed by atoms with van der Waals surface area (Å²) < 4.78 is 11.0. The minimum Gasteiger partial charge on any atom is -0.534 e. The van der Waals surface area contributed by atoms with Gasteiger partial charge in [-0.05, 0) is 24.0 Å². The Labute approximate surface area is 149 Å². The number of benzene rings is 1. The van der Waals surface area contributed by atoms with Gasteiger partial charge in [-0.25, -0.2) is 4.79 Å². The fourth-order valence-electron chi connectivity index (χ4n) is 2.81. The normalized spacial score (nSPS) is 16.2. The number of carbonyl (C=O) groups excluding carboxylic acids is 2. The number of esters is 1. The van der Waals surface area contributed by atoms with Gasteiger partial charge in [-0.2, -0.15) is 0 Å². The Morgan fingerprint density at radius 3 is 2.72 bits per heavy atom. The van der Waals surface area contributed by atoms with Gasteiger partial charge >= 0.3 is 13.1 Å². The van der Waals surface area contributed by atoms with Gasteiger partial charge in [0.2, 0.25) is 5.91 Å². The number of para-hydroxylation sites is 1. The quantitative estimate of drug-likeness (QED) is 0.583. The number of fused-ring (bicyclic) bond motifs is 1. The molecule has 1 atom stereocenters. The third kappa shape index (κ3) is 4.75. The summed E-state index contributed by atoms with van der Waals surface area (Å²) >= 11 is 0. The molecule has 1 unspecified atom stereocenters. The molecule has 7 heteroatoms. The maximum atomic E-state index is 12.4. The van der Waals surface area contributed by atoms with Crippen molar-refractivity contribution in [1.82, 2.24) is 5.32 Å². The van der Waals surface area contributed by atoms with E-state index in [0.717, 1.165) is 18.4 Å². The van der Waals surface area contributed by atoms with Crippen LogP contribution in [0, 0.1) is 5.92 Å². The predicted molar refractivity (Wildman–Crippen MR) is 95.3 cm³/mol. The summed E-state index contributed by atoms with van der Waals surface area (Å²) in [5.74, 6) is -0.463. The minimum atomic E-state index is -1.20. The molecule has 2 N–H and O–H groups in total. The van der Waals surface area contributed by atoms with Crippen LogP contribution in [-0.4, -0.2) is 36.6 Å². The first-order valence-corrected chi connectivity index (χ1v) is 8.93. The molecule has 0 spiro atoms. The van der Waals surface area contributed by atoms with E-state index >= 15 is 0 Å². The van der Waals surface area contributed by atoms with Crippen LogP contribution in [0.1, 0.15) is 56.0 Å². The average molecular weight is 347 g/mol. The largest absolute Gasteiger partial charge is 0.547 e. The summed E-state index contributed by atoms with van der Waals surface area (Å²) in [6.07, 6.45) is 2.63. The molecule has 1 amide bonds. The lowest BCUT2D eigenvalue weighted by Crippen LogP contribution is -2.53. The molecule has 0 aliphatic carbocycles. The van der Waals surface area contributed by atoms with E-state index in [1.165, 1.54) is 0 Å². The number of nitrogens with one attached hydrogen (secondary N) is 1. The molecule has 0 aromatic heterocycles. The molecule has 1 aliphatic heterocycles. The second-order valence-electron chi connectivity index (χ2n) is 6.31.